The first-order valence-corrected chi connectivity index (χ1v) is 10.2. The molecule has 6 nitrogen and oxygen atoms in total. The van der Waals surface area contributed by atoms with Gasteiger partial charge in [0.15, 0.2) is 5.96 Å². The number of morpholine rings is 1. The molecule has 28 heavy (non-hydrogen) atoms. The van der Waals surface area contributed by atoms with Gasteiger partial charge in [-0.25, -0.2) is 4.99 Å². The zero-order valence-corrected chi connectivity index (χ0v) is 19.6. The SMILES string of the molecule is CCNC(=NCc1ccc(CN2CC(C)OC(C)C2)cc1)N1CC[C@@H](O)C1.I. The van der Waals surface area contributed by atoms with E-state index in [9.17, 15) is 5.11 Å². The number of nitrogens with zero attached hydrogens (tertiary/aromatic N) is 3. The number of aliphatic hydroxyl groups excluding tert-OH is 1. The monoisotopic (exact) mass is 502 g/mol. The van der Waals surface area contributed by atoms with E-state index in [2.05, 4.69) is 60.2 Å². The van der Waals surface area contributed by atoms with E-state index in [1.165, 1.54) is 11.1 Å². The molecule has 3 rings (SSSR count). The number of likely N-dealkylation sites (tertiary alicyclic amines) is 1. The molecular formula is C21H35IN4O2. The van der Waals surface area contributed by atoms with Crippen molar-refractivity contribution in [3.05, 3.63) is 35.4 Å². The Bertz CT molecular complexity index is 615. The van der Waals surface area contributed by atoms with Crippen LogP contribution in [-0.4, -0.2) is 71.9 Å². The molecule has 0 aromatic heterocycles. The molecular weight excluding hydrogens is 467 g/mol. The second kappa shape index (κ2) is 11.3. The second-order valence-corrected chi connectivity index (χ2v) is 7.83. The van der Waals surface area contributed by atoms with Crippen molar-refractivity contribution in [1.82, 2.24) is 15.1 Å². The maximum absolute atomic E-state index is 9.76. The van der Waals surface area contributed by atoms with Gasteiger partial charge in [-0.2, -0.15) is 0 Å². The highest BCUT2D eigenvalue weighted by Gasteiger charge is 2.23. The summed E-state index contributed by atoms with van der Waals surface area (Å²) in [5.41, 5.74) is 2.54. The van der Waals surface area contributed by atoms with Gasteiger partial charge in [-0.1, -0.05) is 24.3 Å². The lowest BCUT2D eigenvalue weighted by Gasteiger charge is -2.35. The van der Waals surface area contributed by atoms with Crippen LogP contribution < -0.4 is 5.32 Å². The molecule has 0 aliphatic carbocycles. The van der Waals surface area contributed by atoms with Gasteiger partial charge < -0.3 is 20.1 Å². The van der Waals surface area contributed by atoms with Crippen molar-refractivity contribution in [2.75, 3.05) is 32.7 Å². The minimum atomic E-state index is -0.237. The molecule has 0 amide bonds. The van der Waals surface area contributed by atoms with Gasteiger partial charge in [-0.05, 0) is 38.3 Å². The first-order chi connectivity index (χ1) is 13.0. The van der Waals surface area contributed by atoms with Crippen molar-refractivity contribution < 1.29 is 9.84 Å². The topological polar surface area (TPSA) is 60.3 Å². The average molecular weight is 502 g/mol. The van der Waals surface area contributed by atoms with E-state index in [4.69, 9.17) is 9.73 Å². The third kappa shape index (κ3) is 6.86. The summed E-state index contributed by atoms with van der Waals surface area (Å²) in [5.74, 6) is 0.898. The lowest BCUT2D eigenvalue weighted by molar-refractivity contribution is -0.0704. The predicted molar refractivity (Wildman–Crippen MR) is 124 cm³/mol. The van der Waals surface area contributed by atoms with Crippen LogP contribution in [-0.2, 0) is 17.8 Å². The summed E-state index contributed by atoms with van der Waals surface area (Å²) in [4.78, 5) is 9.37. The van der Waals surface area contributed by atoms with Crippen molar-refractivity contribution >= 4 is 29.9 Å². The largest absolute Gasteiger partial charge is 0.391 e. The molecule has 2 fully saturated rings. The summed E-state index contributed by atoms with van der Waals surface area (Å²) in [6.07, 6.45) is 1.18. The molecule has 0 radical (unpaired) electrons. The van der Waals surface area contributed by atoms with Crippen molar-refractivity contribution in [3.8, 4) is 0 Å². The summed E-state index contributed by atoms with van der Waals surface area (Å²) < 4.78 is 5.81. The maximum Gasteiger partial charge on any atom is 0.194 e. The molecule has 2 N–H and O–H groups in total. The summed E-state index contributed by atoms with van der Waals surface area (Å²) in [6, 6.07) is 8.77. The molecule has 2 saturated heterocycles. The van der Waals surface area contributed by atoms with Crippen LogP contribution in [0.1, 0.15) is 38.3 Å². The molecule has 2 aliphatic rings. The highest BCUT2D eigenvalue weighted by Crippen LogP contribution is 2.15. The number of aliphatic imine (C=N–C) groups is 1. The molecule has 158 valence electrons. The molecule has 2 aliphatic heterocycles. The van der Waals surface area contributed by atoms with Crippen molar-refractivity contribution in [3.63, 3.8) is 0 Å². The number of aliphatic hydroxyl groups is 1. The van der Waals surface area contributed by atoms with Gasteiger partial charge in [0, 0.05) is 39.3 Å². The van der Waals surface area contributed by atoms with Crippen molar-refractivity contribution in [1.29, 1.82) is 0 Å². The van der Waals surface area contributed by atoms with E-state index in [0.29, 0.717) is 25.3 Å². The van der Waals surface area contributed by atoms with E-state index >= 15 is 0 Å². The van der Waals surface area contributed by atoms with Crippen LogP contribution in [0.5, 0.6) is 0 Å². The van der Waals surface area contributed by atoms with Gasteiger partial charge in [0.05, 0.1) is 24.9 Å². The number of nitrogens with one attached hydrogen (secondary N) is 1. The standard InChI is InChI=1S/C21H34N4O2.HI/c1-4-22-21(25-10-9-20(26)15-25)23-11-18-5-7-19(8-6-18)14-24-12-16(2)27-17(3)13-24;/h5-8,16-17,20,26H,4,9-15H2,1-3H3,(H,22,23);1H/t16?,17?,20-;/m1./s1. The molecule has 2 heterocycles. The highest BCUT2D eigenvalue weighted by atomic mass is 127. The molecule has 1 aromatic rings. The van der Waals surface area contributed by atoms with E-state index < -0.39 is 0 Å². The molecule has 7 heteroatoms. The number of benzene rings is 1. The summed E-state index contributed by atoms with van der Waals surface area (Å²) >= 11 is 0. The normalized spacial score (nSPS) is 26.2. The smallest absolute Gasteiger partial charge is 0.194 e. The fraction of sp³-hybridized carbons (Fsp3) is 0.667. The maximum atomic E-state index is 9.76. The summed E-state index contributed by atoms with van der Waals surface area (Å²) in [6.45, 7) is 12.3. The van der Waals surface area contributed by atoms with Crippen LogP contribution in [0.4, 0.5) is 0 Å². The van der Waals surface area contributed by atoms with Crippen molar-refractivity contribution in [2.24, 2.45) is 4.99 Å². The van der Waals surface area contributed by atoms with E-state index in [0.717, 1.165) is 45.1 Å². The van der Waals surface area contributed by atoms with Gasteiger partial charge in [0.1, 0.15) is 0 Å². The Balaban J connectivity index is 0.00000280. The number of halogens is 1. The Morgan fingerprint density at radius 2 is 1.79 bits per heavy atom. The number of guanidine groups is 1. The van der Waals surface area contributed by atoms with Crippen LogP contribution in [0.2, 0.25) is 0 Å². The van der Waals surface area contributed by atoms with Gasteiger partial charge in [0.2, 0.25) is 0 Å². The van der Waals surface area contributed by atoms with E-state index in [1.54, 1.807) is 0 Å². The minimum Gasteiger partial charge on any atom is -0.391 e. The fourth-order valence-electron chi connectivity index (χ4n) is 3.95. The minimum absolute atomic E-state index is 0. The Kier molecular flexibility index (Phi) is 9.46. The third-order valence-electron chi connectivity index (χ3n) is 5.13. The van der Waals surface area contributed by atoms with Crippen LogP contribution >= 0.6 is 24.0 Å². The van der Waals surface area contributed by atoms with Crippen LogP contribution in [0.15, 0.2) is 29.3 Å². The van der Waals surface area contributed by atoms with E-state index in [-0.39, 0.29) is 30.1 Å². The Hall–Kier alpha value is -0.900. The first-order valence-electron chi connectivity index (χ1n) is 10.2. The second-order valence-electron chi connectivity index (χ2n) is 7.83. The number of rotatable bonds is 5. The Labute approximate surface area is 186 Å². The van der Waals surface area contributed by atoms with Gasteiger partial charge >= 0.3 is 0 Å². The number of ether oxygens (including phenoxy) is 1. The lowest BCUT2D eigenvalue weighted by Crippen LogP contribution is -2.44. The molecule has 0 saturated carbocycles. The van der Waals surface area contributed by atoms with Gasteiger partial charge in [-0.3, -0.25) is 4.90 Å². The van der Waals surface area contributed by atoms with Gasteiger partial charge in [-0.15, -0.1) is 24.0 Å². The van der Waals surface area contributed by atoms with Crippen LogP contribution in [0, 0.1) is 0 Å². The summed E-state index contributed by atoms with van der Waals surface area (Å²) in [7, 11) is 0. The average Bonchev–Trinajstić information content (AvgIpc) is 3.05. The molecule has 2 unspecified atom stereocenters. The summed E-state index contributed by atoms with van der Waals surface area (Å²) in [5, 5.41) is 13.1. The van der Waals surface area contributed by atoms with Crippen LogP contribution in [0.3, 0.4) is 0 Å². The van der Waals surface area contributed by atoms with E-state index in [1.807, 2.05) is 0 Å². The quantitative estimate of drug-likeness (QED) is 0.368. The number of hydrogen-bond acceptors (Lipinski definition) is 4. The lowest BCUT2D eigenvalue weighted by atomic mass is 10.1. The van der Waals surface area contributed by atoms with Gasteiger partial charge in [0.25, 0.3) is 0 Å². The zero-order valence-electron chi connectivity index (χ0n) is 17.3. The fourth-order valence-corrected chi connectivity index (χ4v) is 3.95. The number of β-amino-alcohol motifs (C(OH)–C–C–N with tert-alkyl or cyclic N) is 1. The third-order valence-corrected chi connectivity index (χ3v) is 5.13. The Morgan fingerprint density at radius 1 is 1.14 bits per heavy atom. The molecule has 3 atom stereocenters. The first kappa shape index (κ1) is 23.4. The Morgan fingerprint density at radius 3 is 2.36 bits per heavy atom. The highest BCUT2D eigenvalue weighted by molar-refractivity contribution is 14.0. The number of hydrogen-bond donors (Lipinski definition) is 2. The molecule has 0 bridgehead atoms. The predicted octanol–water partition coefficient (Wildman–Crippen LogP) is 2.45. The molecule has 0 spiro atoms. The zero-order chi connectivity index (χ0) is 19.2. The van der Waals surface area contributed by atoms with Crippen molar-refractivity contribution in [2.45, 2.75) is 58.6 Å². The molecule has 1 aromatic carbocycles. The van der Waals surface area contributed by atoms with Crippen LogP contribution in [0.25, 0.3) is 0 Å².